The first-order chi connectivity index (χ1) is 16.2. The molecule has 9 heteroatoms. The standard InChI is InChI=1S/C26H39F3O6/c1-13(4-7-21(33)35-23(34)26(27,28)29)16-5-6-17-22-18(12-20(32)25(16,17)3)24(2)9-8-15(30)10-14(24)11-19(22)31/h13-20,22,30-32H,4-12H2,1-3H3/t13-,14+,15-,16-,17?,18?,19?,20+,22?,24+,25-/m1/s1. The molecular formula is C26H39F3O6. The van der Waals surface area contributed by atoms with Gasteiger partial charge in [-0.3, -0.25) is 4.79 Å². The Kier molecular flexibility index (Phi) is 7.12. The molecule has 0 saturated heterocycles. The molecule has 4 fully saturated rings. The molecule has 0 radical (unpaired) electrons. The summed E-state index contributed by atoms with van der Waals surface area (Å²) in [6, 6.07) is 0. The third kappa shape index (κ3) is 4.54. The van der Waals surface area contributed by atoms with Crippen LogP contribution >= 0.6 is 0 Å². The van der Waals surface area contributed by atoms with Crippen molar-refractivity contribution in [1.82, 2.24) is 0 Å². The first-order valence-electron chi connectivity index (χ1n) is 13.1. The fourth-order valence-electron chi connectivity index (χ4n) is 8.89. The van der Waals surface area contributed by atoms with E-state index in [1.54, 1.807) is 0 Å². The molecule has 200 valence electrons. The maximum atomic E-state index is 12.4. The predicted molar refractivity (Wildman–Crippen MR) is 120 cm³/mol. The van der Waals surface area contributed by atoms with Crippen molar-refractivity contribution in [3.05, 3.63) is 0 Å². The smallest absolute Gasteiger partial charge is 0.393 e. The van der Waals surface area contributed by atoms with Crippen LogP contribution in [0, 0.1) is 46.3 Å². The lowest BCUT2D eigenvalue weighted by atomic mass is 9.43. The van der Waals surface area contributed by atoms with Crippen molar-refractivity contribution in [3.8, 4) is 0 Å². The van der Waals surface area contributed by atoms with Gasteiger partial charge in [0.15, 0.2) is 0 Å². The number of hydrogen-bond acceptors (Lipinski definition) is 6. The van der Waals surface area contributed by atoms with E-state index in [-0.39, 0.29) is 59.9 Å². The molecule has 0 aromatic carbocycles. The van der Waals surface area contributed by atoms with E-state index in [9.17, 15) is 38.1 Å². The molecule has 0 bridgehead atoms. The first-order valence-corrected chi connectivity index (χ1v) is 13.1. The van der Waals surface area contributed by atoms with Gasteiger partial charge in [0.2, 0.25) is 0 Å². The van der Waals surface area contributed by atoms with Crippen LogP contribution in [0.15, 0.2) is 0 Å². The molecule has 0 amide bonds. The van der Waals surface area contributed by atoms with Crippen molar-refractivity contribution < 1.29 is 42.8 Å². The van der Waals surface area contributed by atoms with Crippen molar-refractivity contribution >= 4 is 11.9 Å². The van der Waals surface area contributed by atoms with Crippen LogP contribution in [0.1, 0.15) is 78.6 Å². The van der Waals surface area contributed by atoms with Gasteiger partial charge in [-0.05, 0) is 97.7 Å². The van der Waals surface area contributed by atoms with Crippen molar-refractivity contribution in [3.63, 3.8) is 0 Å². The molecule has 0 heterocycles. The summed E-state index contributed by atoms with van der Waals surface area (Å²) in [5.41, 5.74) is -0.492. The summed E-state index contributed by atoms with van der Waals surface area (Å²) in [5.74, 6) is -3.13. The average Bonchev–Trinajstić information content (AvgIpc) is 3.12. The Labute approximate surface area is 204 Å². The van der Waals surface area contributed by atoms with Gasteiger partial charge in [-0.15, -0.1) is 0 Å². The number of alkyl halides is 3. The molecule has 0 aromatic heterocycles. The number of aliphatic hydroxyl groups is 3. The fraction of sp³-hybridized carbons (Fsp3) is 0.923. The number of halogens is 3. The van der Waals surface area contributed by atoms with Gasteiger partial charge < -0.3 is 20.1 Å². The summed E-state index contributed by atoms with van der Waals surface area (Å²) >= 11 is 0. The molecule has 3 N–H and O–H groups in total. The van der Waals surface area contributed by atoms with E-state index in [0.717, 1.165) is 25.7 Å². The maximum absolute atomic E-state index is 12.4. The molecule has 0 spiro atoms. The van der Waals surface area contributed by atoms with Crippen molar-refractivity contribution in [2.45, 2.75) is 103 Å². The quantitative estimate of drug-likeness (QED) is 0.395. The van der Waals surface area contributed by atoms with E-state index in [2.05, 4.69) is 18.6 Å². The third-order valence-electron chi connectivity index (χ3n) is 10.8. The zero-order valence-electron chi connectivity index (χ0n) is 20.8. The highest BCUT2D eigenvalue weighted by atomic mass is 19.4. The average molecular weight is 505 g/mol. The van der Waals surface area contributed by atoms with Gasteiger partial charge in [0, 0.05) is 6.42 Å². The second kappa shape index (κ2) is 9.28. The maximum Gasteiger partial charge on any atom is 0.491 e. The van der Waals surface area contributed by atoms with E-state index < -0.39 is 35.7 Å². The van der Waals surface area contributed by atoms with Crippen LogP contribution in [0.4, 0.5) is 13.2 Å². The summed E-state index contributed by atoms with van der Waals surface area (Å²) in [5, 5.41) is 33.1. The SMILES string of the molecule is C[C@H](CCC(=O)OC(=O)C(F)(F)F)[C@H]1CCC2C3C(O)C[C@@H]4C[C@H](O)CC[C@]4(C)C3C[C@H](O)[C@@]21C. The Balaban J connectivity index is 1.47. The van der Waals surface area contributed by atoms with Crippen molar-refractivity contribution in [1.29, 1.82) is 0 Å². The number of carbonyl (C=O) groups is 2. The van der Waals surface area contributed by atoms with Gasteiger partial charge in [0.05, 0.1) is 18.3 Å². The lowest BCUT2D eigenvalue weighted by Gasteiger charge is -2.63. The molecule has 0 aliphatic heterocycles. The molecule has 4 unspecified atom stereocenters. The summed E-state index contributed by atoms with van der Waals surface area (Å²) in [4.78, 5) is 22.8. The molecule has 4 aliphatic carbocycles. The zero-order valence-corrected chi connectivity index (χ0v) is 20.8. The van der Waals surface area contributed by atoms with Gasteiger partial charge >= 0.3 is 18.1 Å². The molecule has 11 atom stereocenters. The number of fused-ring (bicyclic) bond motifs is 5. The largest absolute Gasteiger partial charge is 0.491 e. The molecular weight excluding hydrogens is 465 g/mol. The second-order valence-electron chi connectivity index (χ2n) is 12.3. The molecule has 0 aromatic rings. The van der Waals surface area contributed by atoms with Crippen LogP contribution in [0.2, 0.25) is 0 Å². The van der Waals surface area contributed by atoms with Gasteiger partial charge in [-0.25, -0.2) is 4.79 Å². The van der Waals surface area contributed by atoms with E-state index in [1.807, 2.05) is 6.92 Å². The summed E-state index contributed by atoms with van der Waals surface area (Å²) in [7, 11) is 0. The topological polar surface area (TPSA) is 104 Å². The minimum atomic E-state index is -5.21. The van der Waals surface area contributed by atoms with Gasteiger partial charge in [0.1, 0.15) is 0 Å². The summed E-state index contributed by atoms with van der Waals surface area (Å²) in [6.07, 6.45) is -1.40. The van der Waals surface area contributed by atoms with E-state index >= 15 is 0 Å². The normalized spacial score (nSPS) is 46.2. The number of carbonyl (C=O) groups excluding carboxylic acids is 2. The highest BCUT2D eigenvalue weighted by Crippen LogP contribution is 2.68. The van der Waals surface area contributed by atoms with Crippen LogP contribution in [0.5, 0.6) is 0 Å². The number of aliphatic hydroxyl groups excluding tert-OH is 3. The molecule has 35 heavy (non-hydrogen) atoms. The molecule has 4 rings (SSSR count). The number of ether oxygens (including phenoxy) is 1. The van der Waals surface area contributed by atoms with E-state index in [1.165, 1.54) is 0 Å². The Morgan fingerprint density at radius 1 is 1.03 bits per heavy atom. The minimum Gasteiger partial charge on any atom is -0.393 e. The van der Waals surface area contributed by atoms with Crippen LogP contribution in [0.3, 0.4) is 0 Å². The highest BCUT2D eigenvalue weighted by molar-refractivity contribution is 5.88. The minimum absolute atomic E-state index is 0.0239. The summed E-state index contributed by atoms with van der Waals surface area (Å²) in [6.45, 7) is 6.28. The van der Waals surface area contributed by atoms with Gasteiger partial charge in [0.25, 0.3) is 0 Å². The van der Waals surface area contributed by atoms with Crippen LogP contribution in [0.25, 0.3) is 0 Å². The number of rotatable bonds is 4. The fourth-order valence-corrected chi connectivity index (χ4v) is 8.89. The van der Waals surface area contributed by atoms with E-state index in [0.29, 0.717) is 19.3 Å². The Morgan fingerprint density at radius 3 is 2.37 bits per heavy atom. The number of esters is 2. The Morgan fingerprint density at radius 2 is 1.71 bits per heavy atom. The van der Waals surface area contributed by atoms with Crippen molar-refractivity contribution in [2.24, 2.45) is 46.3 Å². The Hall–Kier alpha value is -1.19. The lowest BCUT2D eigenvalue weighted by Crippen LogP contribution is -2.62. The van der Waals surface area contributed by atoms with Gasteiger partial charge in [-0.1, -0.05) is 20.8 Å². The molecule has 6 nitrogen and oxygen atoms in total. The van der Waals surface area contributed by atoms with E-state index in [4.69, 9.17) is 0 Å². The highest BCUT2D eigenvalue weighted by Gasteiger charge is 2.65. The number of hydrogen-bond donors (Lipinski definition) is 3. The van der Waals surface area contributed by atoms with Gasteiger partial charge in [-0.2, -0.15) is 13.2 Å². The zero-order chi connectivity index (χ0) is 25.9. The summed E-state index contributed by atoms with van der Waals surface area (Å²) < 4.78 is 41.0. The Bertz CT molecular complexity index is 832. The molecule has 4 saturated carbocycles. The van der Waals surface area contributed by atoms with Crippen LogP contribution in [-0.4, -0.2) is 51.7 Å². The third-order valence-corrected chi connectivity index (χ3v) is 10.8. The van der Waals surface area contributed by atoms with Crippen molar-refractivity contribution in [2.75, 3.05) is 0 Å². The second-order valence-corrected chi connectivity index (χ2v) is 12.3. The lowest BCUT2D eigenvalue weighted by molar-refractivity contribution is -0.207. The first kappa shape index (κ1) is 26.9. The molecule has 4 aliphatic rings. The monoisotopic (exact) mass is 504 g/mol. The van der Waals surface area contributed by atoms with Crippen LogP contribution in [-0.2, 0) is 14.3 Å². The predicted octanol–water partition coefficient (Wildman–Crippen LogP) is 4.00. The van der Waals surface area contributed by atoms with Crippen LogP contribution < -0.4 is 0 Å².